The molecule has 1 N–H and O–H groups in total. The Kier molecular flexibility index (Phi) is 6.79. The van der Waals surface area contributed by atoms with Crippen molar-refractivity contribution in [2.24, 2.45) is 0 Å². The van der Waals surface area contributed by atoms with Crippen molar-refractivity contribution < 1.29 is 27.6 Å². The van der Waals surface area contributed by atoms with Gasteiger partial charge in [0.2, 0.25) is 5.91 Å². The highest BCUT2D eigenvalue weighted by atomic mass is 19.4. The van der Waals surface area contributed by atoms with Crippen LogP contribution in [0.1, 0.15) is 23.1 Å². The van der Waals surface area contributed by atoms with Crippen LogP contribution in [-0.4, -0.2) is 42.5 Å². The zero-order valence-corrected chi connectivity index (χ0v) is 16.9. The molecule has 1 amide bonds. The highest BCUT2D eigenvalue weighted by Gasteiger charge is 2.37. The molecule has 2 aromatic rings. The first-order chi connectivity index (χ1) is 14.6. The SMILES string of the molecule is CN(CCOc1ccc(C(F)(F)F)c2c1CCC(=O)N2)CCc1ccc([N+](=O)[O-])cc1. The van der Waals surface area contributed by atoms with Crippen LogP contribution in [0.2, 0.25) is 0 Å². The van der Waals surface area contributed by atoms with Gasteiger partial charge < -0.3 is 15.0 Å². The molecule has 0 aliphatic carbocycles. The number of halogens is 3. The number of rotatable bonds is 8. The molecule has 1 aliphatic heterocycles. The minimum absolute atomic E-state index is 0.0431. The third-order valence-electron chi connectivity index (χ3n) is 5.10. The lowest BCUT2D eigenvalue weighted by Crippen LogP contribution is -2.27. The highest BCUT2D eigenvalue weighted by molar-refractivity contribution is 5.95. The Morgan fingerprint density at radius 1 is 1.13 bits per heavy atom. The number of hydrogen-bond acceptors (Lipinski definition) is 5. The van der Waals surface area contributed by atoms with E-state index in [0.29, 0.717) is 30.8 Å². The Morgan fingerprint density at radius 3 is 2.48 bits per heavy atom. The lowest BCUT2D eigenvalue weighted by Gasteiger charge is -2.24. The predicted molar refractivity (Wildman–Crippen MR) is 108 cm³/mol. The summed E-state index contributed by atoms with van der Waals surface area (Å²) in [4.78, 5) is 23.8. The van der Waals surface area contributed by atoms with E-state index >= 15 is 0 Å². The van der Waals surface area contributed by atoms with E-state index in [-0.39, 0.29) is 30.8 Å². The molecule has 1 aliphatic rings. The maximum absolute atomic E-state index is 13.2. The van der Waals surface area contributed by atoms with Gasteiger partial charge in [-0.2, -0.15) is 13.2 Å². The number of nitrogens with zero attached hydrogens (tertiary/aromatic N) is 2. The van der Waals surface area contributed by atoms with Gasteiger partial charge in [-0.05, 0) is 37.6 Å². The summed E-state index contributed by atoms with van der Waals surface area (Å²) in [5.41, 5.74) is 0.284. The number of likely N-dealkylation sites (N-methyl/N-ethyl adjacent to an activating group) is 1. The Hall–Kier alpha value is -3.14. The summed E-state index contributed by atoms with van der Waals surface area (Å²) in [5.74, 6) is -0.104. The minimum atomic E-state index is -4.56. The van der Waals surface area contributed by atoms with Gasteiger partial charge in [0.05, 0.1) is 16.2 Å². The Bertz CT molecular complexity index is 962. The molecule has 0 atom stereocenters. The van der Waals surface area contributed by atoms with Crippen molar-refractivity contribution in [2.75, 3.05) is 32.1 Å². The number of ether oxygens (including phenoxy) is 1. The fraction of sp³-hybridized carbons (Fsp3) is 0.381. The average molecular weight is 437 g/mol. The molecule has 166 valence electrons. The molecular formula is C21H22F3N3O4. The maximum atomic E-state index is 13.2. The van der Waals surface area contributed by atoms with Gasteiger partial charge in [-0.1, -0.05) is 12.1 Å². The smallest absolute Gasteiger partial charge is 0.418 e. The number of hydrogen-bond donors (Lipinski definition) is 1. The van der Waals surface area contributed by atoms with Gasteiger partial charge >= 0.3 is 6.18 Å². The topological polar surface area (TPSA) is 84.7 Å². The van der Waals surface area contributed by atoms with Crippen molar-refractivity contribution in [2.45, 2.75) is 25.4 Å². The lowest BCUT2D eigenvalue weighted by molar-refractivity contribution is -0.384. The summed E-state index contributed by atoms with van der Waals surface area (Å²) in [6.45, 7) is 1.49. The standard InChI is InChI=1S/C21H22F3N3O4/c1-26(11-10-14-2-4-15(5-3-14)27(29)30)12-13-31-18-8-7-17(21(22,23)24)20-16(18)6-9-19(28)25-20/h2-5,7-8H,6,9-13H2,1H3,(H,25,28). The summed E-state index contributed by atoms with van der Waals surface area (Å²) < 4.78 is 45.5. The summed E-state index contributed by atoms with van der Waals surface area (Å²) in [7, 11) is 1.89. The summed E-state index contributed by atoms with van der Waals surface area (Å²) >= 11 is 0. The number of carbonyl (C=O) groups excluding carboxylic acids is 1. The number of nitro groups is 1. The monoisotopic (exact) mass is 437 g/mol. The van der Waals surface area contributed by atoms with Crippen LogP contribution < -0.4 is 10.1 Å². The van der Waals surface area contributed by atoms with Crippen molar-refractivity contribution in [3.8, 4) is 5.75 Å². The van der Waals surface area contributed by atoms with E-state index in [9.17, 15) is 28.1 Å². The molecule has 7 nitrogen and oxygen atoms in total. The second-order valence-electron chi connectivity index (χ2n) is 7.34. The van der Waals surface area contributed by atoms with Gasteiger partial charge in [0.15, 0.2) is 0 Å². The number of nitro benzene ring substituents is 1. The second kappa shape index (κ2) is 9.34. The Morgan fingerprint density at radius 2 is 1.84 bits per heavy atom. The molecule has 0 aromatic heterocycles. The van der Waals surface area contributed by atoms with E-state index in [1.807, 2.05) is 11.9 Å². The molecule has 0 unspecified atom stereocenters. The number of benzene rings is 2. The van der Waals surface area contributed by atoms with E-state index in [4.69, 9.17) is 4.74 Å². The van der Waals surface area contributed by atoms with Crippen LogP contribution in [0.3, 0.4) is 0 Å². The van der Waals surface area contributed by atoms with E-state index < -0.39 is 22.6 Å². The molecule has 1 heterocycles. The van der Waals surface area contributed by atoms with Crippen LogP contribution in [0.15, 0.2) is 36.4 Å². The fourth-order valence-electron chi connectivity index (χ4n) is 3.36. The third-order valence-corrected chi connectivity index (χ3v) is 5.10. The first-order valence-electron chi connectivity index (χ1n) is 9.73. The van der Waals surface area contributed by atoms with Gasteiger partial charge in [0, 0.05) is 37.2 Å². The molecule has 0 fully saturated rings. The van der Waals surface area contributed by atoms with E-state index in [1.54, 1.807) is 12.1 Å². The molecule has 0 spiro atoms. The molecule has 0 saturated carbocycles. The second-order valence-corrected chi connectivity index (χ2v) is 7.34. The molecular weight excluding hydrogens is 415 g/mol. The van der Waals surface area contributed by atoms with Crippen LogP contribution in [0.5, 0.6) is 5.75 Å². The molecule has 3 rings (SSSR count). The number of amides is 1. The molecule has 2 aromatic carbocycles. The predicted octanol–water partition coefficient (Wildman–Crippen LogP) is 4.05. The van der Waals surface area contributed by atoms with E-state index in [2.05, 4.69) is 5.32 Å². The van der Waals surface area contributed by atoms with Crippen LogP contribution in [0.4, 0.5) is 24.5 Å². The number of nitrogens with one attached hydrogen (secondary N) is 1. The first kappa shape index (κ1) is 22.5. The first-order valence-corrected chi connectivity index (χ1v) is 9.73. The van der Waals surface area contributed by atoms with Crippen molar-refractivity contribution in [1.82, 2.24) is 4.90 Å². The molecule has 0 bridgehead atoms. The molecule has 0 saturated heterocycles. The lowest BCUT2D eigenvalue weighted by atomic mass is 9.97. The highest BCUT2D eigenvalue weighted by Crippen LogP contribution is 2.42. The van der Waals surface area contributed by atoms with Crippen molar-refractivity contribution >= 4 is 17.3 Å². The number of anilines is 1. The number of carbonyl (C=O) groups is 1. The normalized spacial score (nSPS) is 13.6. The van der Waals surface area contributed by atoms with Crippen molar-refractivity contribution in [3.05, 3.63) is 63.2 Å². The van der Waals surface area contributed by atoms with Gasteiger partial charge in [-0.25, -0.2) is 0 Å². The maximum Gasteiger partial charge on any atom is 0.418 e. The minimum Gasteiger partial charge on any atom is -0.492 e. The number of fused-ring (bicyclic) bond motifs is 1. The van der Waals surface area contributed by atoms with Crippen LogP contribution in [-0.2, 0) is 23.8 Å². The van der Waals surface area contributed by atoms with Crippen LogP contribution >= 0.6 is 0 Å². The van der Waals surface area contributed by atoms with Crippen LogP contribution in [0, 0.1) is 10.1 Å². The Balaban J connectivity index is 1.56. The fourth-order valence-corrected chi connectivity index (χ4v) is 3.36. The zero-order valence-electron chi connectivity index (χ0n) is 16.9. The Labute approximate surface area is 177 Å². The quantitative estimate of drug-likeness (QED) is 0.498. The van der Waals surface area contributed by atoms with Crippen molar-refractivity contribution in [3.63, 3.8) is 0 Å². The van der Waals surface area contributed by atoms with Crippen molar-refractivity contribution in [1.29, 1.82) is 0 Å². The summed E-state index contributed by atoms with van der Waals surface area (Å²) in [6, 6.07) is 8.58. The van der Waals surface area contributed by atoms with E-state index in [1.165, 1.54) is 18.2 Å². The zero-order chi connectivity index (χ0) is 22.6. The van der Waals surface area contributed by atoms with E-state index in [0.717, 1.165) is 11.6 Å². The van der Waals surface area contributed by atoms with Gasteiger partial charge in [0.1, 0.15) is 12.4 Å². The molecule has 10 heteroatoms. The largest absolute Gasteiger partial charge is 0.492 e. The van der Waals surface area contributed by atoms with Crippen LogP contribution in [0.25, 0.3) is 0 Å². The third kappa shape index (κ3) is 5.72. The van der Waals surface area contributed by atoms with Gasteiger partial charge in [0.25, 0.3) is 5.69 Å². The number of alkyl halides is 3. The molecule has 31 heavy (non-hydrogen) atoms. The molecule has 0 radical (unpaired) electrons. The summed E-state index contributed by atoms with van der Waals surface area (Å²) in [5, 5.41) is 13.0. The number of non-ortho nitro benzene ring substituents is 1. The summed E-state index contributed by atoms with van der Waals surface area (Å²) in [6.07, 6.45) is -3.57. The average Bonchev–Trinajstić information content (AvgIpc) is 2.71. The van der Waals surface area contributed by atoms with Gasteiger partial charge in [-0.3, -0.25) is 14.9 Å². The van der Waals surface area contributed by atoms with Gasteiger partial charge in [-0.15, -0.1) is 0 Å².